The second-order valence-electron chi connectivity index (χ2n) is 5.21. The van der Waals surface area contributed by atoms with E-state index >= 15 is 0 Å². The van der Waals surface area contributed by atoms with Gasteiger partial charge in [-0.3, -0.25) is 0 Å². The summed E-state index contributed by atoms with van der Waals surface area (Å²) in [5.74, 6) is 0. The molecule has 0 radical (unpaired) electrons. The summed E-state index contributed by atoms with van der Waals surface area (Å²) in [5, 5.41) is 0. The van der Waals surface area contributed by atoms with Crippen molar-refractivity contribution in [3.8, 4) is 0 Å². The van der Waals surface area contributed by atoms with E-state index in [4.69, 9.17) is 4.43 Å². The van der Waals surface area contributed by atoms with Crippen LogP contribution in [0.15, 0.2) is 0 Å². The van der Waals surface area contributed by atoms with Gasteiger partial charge in [-0.25, -0.2) is 0 Å². The van der Waals surface area contributed by atoms with Crippen molar-refractivity contribution < 1.29 is 8.91 Å². The van der Waals surface area contributed by atoms with Gasteiger partial charge in [-0.15, -0.1) is 0 Å². The van der Waals surface area contributed by atoms with Crippen molar-refractivity contribution in [2.24, 2.45) is 0 Å². The molecule has 0 rings (SSSR count). The molecule has 0 aliphatic heterocycles. The molecule has 0 spiro atoms. The first-order valence-electron chi connectivity index (χ1n) is 5.75. The van der Waals surface area contributed by atoms with Crippen molar-refractivity contribution in [1.29, 1.82) is 0 Å². The number of nitrogens with zero attached hydrogens (tertiary/aromatic N) is 1. The molecular weight excluding hydrogens is 190 g/mol. The molecular formula is C11H28NOSi+. The molecule has 0 aromatic rings. The highest BCUT2D eigenvalue weighted by molar-refractivity contribution is 6.73. The summed E-state index contributed by atoms with van der Waals surface area (Å²) in [6.45, 7) is 5.83. The van der Waals surface area contributed by atoms with Crippen LogP contribution in [0.1, 0.15) is 20.3 Å². The molecule has 0 bridgehead atoms. The molecule has 0 amide bonds. The normalized spacial score (nSPS) is 13.3. The number of hydrogen-bond donors (Lipinski definition) is 0. The molecule has 0 fully saturated rings. The van der Waals surface area contributed by atoms with Gasteiger partial charge in [0.1, 0.15) is 0 Å². The van der Waals surface area contributed by atoms with Gasteiger partial charge in [0, 0.05) is 7.11 Å². The van der Waals surface area contributed by atoms with Crippen LogP contribution in [0.4, 0.5) is 0 Å². The molecule has 0 saturated carbocycles. The first-order valence-corrected chi connectivity index (χ1v) is 8.27. The Hall–Kier alpha value is 0.137. The molecule has 2 nitrogen and oxygen atoms in total. The van der Waals surface area contributed by atoms with Crippen molar-refractivity contribution >= 4 is 8.32 Å². The topological polar surface area (TPSA) is 9.23 Å². The molecule has 86 valence electrons. The van der Waals surface area contributed by atoms with E-state index in [-0.39, 0.29) is 0 Å². The molecule has 0 aromatic heterocycles. The second-order valence-corrected chi connectivity index (χ2v) is 9.90. The van der Waals surface area contributed by atoms with Crippen LogP contribution in [-0.2, 0) is 4.43 Å². The first kappa shape index (κ1) is 14.1. The summed E-state index contributed by atoms with van der Waals surface area (Å²) in [6, 6.07) is 3.85. The predicted octanol–water partition coefficient (Wildman–Crippen LogP) is 2.71. The van der Waals surface area contributed by atoms with Gasteiger partial charge in [-0.1, -0.05) is 13.8 Å². The standard InChI is InChI=1S/C11H28NOSi/c1-7-14(8-2,13-6)11-9-10-12(3,4)5/h7-11H2,1-6H3/q+1. The fourth-order valence-electron chi connectivity index (χ4n) is 1.87. The Balaban J connectivity index is 3.95. The van der Waals surface area contributed by atoms with Crippen molar-refractivity contribution in [3.05, 3.63) is 0 Å². The maximum Gasteiger partial charge on any atom is 0.191 e. The fraction of sp³-hybridized carbons (Fsp3) is 1.00. The molecule has 0 aliphatic carbocycles. The third-order valence-corrected chi connectivity index (χ3v) is 7.89. The minimum Gasteiger partial charge on any atom is -0.420 e. The summed E-state index contributed by atoms with van der Waals surface area (Å²) in [4.78, 5) is 0. The van der Waals surface area contributed by atoms with Crippen LogP contribution in [0, 0.1) is 0 Å². The van der Waals surface area contributed by atoms with Crippen molar-refractivity contribution in [3.63, 3.8) is 0 Å². The highest BCUT2D eigenvalue weighted by Gasteiger charge is 2.29. The number of hydrogen-bond acceptors (Lipinski definition) is 1. The highest BCUT2D eigenvalue weighted by atomic mass is 28.4. The maximum atomic E-state index is 5.78. The van der Waals surface area contributed by atoms with Crippen LogP contribution < -0.4 is 0 Å². The van der Waals surface area contributed by atoms with Crippen molar-refractivity contribution in [2.45, 2.75) is 38.4 Å². The largest absolute Gasteiger partial charge is 0.420 e. The Morgan fingerprint density at radius 2 is 1.57 bits per heavy atom. The van der Waals surface area contributed by atoms with Gasteiger partial charge >= 0.3 is 0 Å². The van der Waals surface area contributed by atoms with Crippen LogP contribution in [0.3, 0.4) is 0 Å². The van der Waals surface area contributed by atoms with E-state index in [0.717, 1.165) is 4.48 Å². The van der Waals surface area contributed by atoms with Gasteiger partial charge in [0.25, 0.3) is 0 Å². The maximum absolute atomic E-state index is 5.78. The molecule has 0 aliphatic rings. The summed E-state index contributed by atoms with van der Waals surface area (Å²) in [6.07, 6.45) is 1.31. The lowest BCUT2D eigenvalue weighted by atomic mass is 10.4. The third-order valence-electron chi connectivity index (χ3n) is 3.18. The lowest BCUT2D eigenvalue weighted by molar-refractivity contribution is -0.870. The third kappa shape index (κ3) is 5.13. The van der Waals surface area contributed by atoms with Crippen LogP contribution in [0.25, 0.3) is 0 Å². The van der Waals surface area contributed by atoms with Gasteiger partial charge in [0.2, 0.25) is 0 Å². The lowest BCUT2D eigenvalue weighted by Crippen LogP contribution is -2.39. The quantitative estimate of drug-likeness (QED) is 0.472. The Morgan fingerprint density at radius 1 is 1.07 bits per heavy atom. The van der Waals surface area contributed by atoms with E-state index in [0.29, 0.717) is 0 Å². The Labute approximate surface area is 91.0 Å². The molecule has 3 heteroatoms. The van der Waals surface area contributed by atoms with E-state index in [9.17, 15) is 0 Å². The summed E-state index contributed by atoms with van der Waals surface area (Å²) in [5.41, 5.74) is 0. The van der Waals surface area contributed by atoms with Gasteiger partial charge in [-0.05, 0) is 24.6 Å². The van der Waals surface area contributed by atoms with Gasteiger partial charge < -0.3 is 8.91 Å². The second kappa shape index (κ2) is 5.88. The van der Waals surface area contributed by atoms with Gasteiger partial charge in [0.05, 0.1) is 27.7 Å². The minimum absolute atomic E-state index is 1.07. The average Bonchev–Trinajstić information content (AvgIpc) is 2.11. The van der Waals surface area contributed by atoms with E-state index in [1.807, 2.05) is 7.11 Å². The predicted molar refractivity (Wildman–Crippen MR) is 66.0 cm³/mol. The molecule has 0 saturated heterocycles. The Kier molecular flexibility index (Phi) is 5.94. The Morgan fingerprint density at radius 3 is 1.86 bits per heavy atom. The fourth-order valence-corrected chi connectivity index (χ4v) is 4.66. The summed E-state index contributed by atoms with van der Waals surface area (Å²) < 4.78 is 6.85. The molecule has 14 heavy (non-hydrogen) atoms. The monoisotopic (exact) mass is 218 g/mol. The zero-order chi connectivity index (χ0) is 11.2. The zero-order valence-electron chi connectivity index (χ0n) is 10.9. The lowest BCUT2D eigenvalue weighted by Gasteiger charge is -2.29. The number of quaternary nitrogens is 1. The SMILES string of the molecule is CC[Si](CC)(CCC[N+](C)(C)C)OC. The van der Waals surface area contributed by atoms with Crippen LogP contribution in [0.5, 0.6) is 0 Å². The average molecular weight is 218 g/mol. The highest BCUT2D eigenvalue weighted by Crippen LogP contribution is 2.23. The van der Waals surface area contributed by atoms with Crippen LogP contribution in [0.2, 0.25) is 18.1 Å². The summed E-state index contributed by atoms with van der Waals surface area (Å²) in [7, 11) is 7.35. The zero-order valence-corrected chi connectivity index (χ0v) is 11.9. The van der Waals surface area contributed by atoms with E-state index in [1.165, 1.54) is 31.1 Å². The van der Waals surface area contributed by atoms with Gasteiger partial charge in [-0.2, -0.15) is 0 Å². The van der Waals surface area contributed by atoms with Crippen molar-refractivity contribution in [1.82, 2.24) is 0 Å². The van der Waals surface area contributed by atoms with Crippen molar-refractivity contribution in [2.75, 3.05) is 34.8 Å². The number of rotatable bonds is 7. The molecule has 0 aromatic carbocycles. The molecule has 0 heterocycles. The summed E-state index contributed by atoms with van der Waals surface area (Å²) >= 11 is 0. The Bertz CT molecular complexity index is 142. The van der Waals surface area contributed by atoms with Gasteiger partial charge in [0.15, 0.2) is 8.32 Å². The van der Waals surface area contributed by atoms with Crippen LogP contribution in [-0.4, -0.2) is 47.6 Å². The first-order chi connectivity index (χ1) is 6.39. The molecule has 0 atom stereocenters. The molecule has 0 N–H and O–H groups in total. The molecule has 0 unspecified atom stereocenters. The smallest absolute Gasteiger partial charge is 0.191 e. The van der Waals surface area contributed by atoms with E-state index < -0.39 is 8.32 Å². The van der Waals surface area contributed by atoms with Crippen LogP contribution >= 0.6 is 0 Å². The van der Waals surface area contributed by atoms with E-state index in [1.54, 1.807) is 0 Å². The van der Waals surface area contributed by atoms with E-state index in [2.05, 4.69) is 35.0 Å². The minimum atomic E-state index is -1.33.